The van der Waals surface area contributed by atoms with Gasteiger partial charge in [-0.25, -0.2) is 0 Å². The summed E-state index contributed by atoms with van der Waals surface area (Å²) in [4.78, 5) is 26.8. The molecule has 6 heteroatoms. The minimum atomic E-state index is -1.68. The summed E-state index contributed by atoms with van der Waals surface area (Å²) in [6, 6.07) is 6.69. The third kappa shape index (κ3) is 3.94. The molecule has 2 atom stereocenters. The van der Waals surface area contributed by atoms with Gasteiger partial charge in [0.05, 0.1) is 12.6 Å². The molecule has 0 fully saturated rings. The largest absolute Gasteiger partial charge is 0.378 e. The molecule has 0 aromatic carbocycles. The van der Waals surface area contributed by atoms with Gasteiger partial charge in [0.15, 0.2) is 5.60 Å². The van der Waals surface area contributed by atoms with Gasteiger partial charge in [0.1, 0.15) is 0 Å². The molecule has 0 aliphatic heterocycles. The monoisotopic (exact) mass is 348 g/mol. The number of amides is 1. The van der Waals surface area contributed by atoms with Gasteiger partial charge >= 0.3 is 0 Å². The fourth-order valence-corrected chi connectivity index (χ4v) is 3.74. The molecule has 2 N–H and O–H groups in total. The lowest BCUT2D eigenvalue weighted by Crippen LogP contribution is -2.49. The van der Waals surface area contributed by atoms with E-state index in [1.807, 2.05) is 26.8 Å². The predicted molar refractivity (Wildman–Crippen MR) is 96.4 cm³/mol. The fourth-order valence-electron chi connectivity index (χ4n) is 2.72. The zero-order valence-electron chi connectivity index (χ0n) is 14.7. The van der Waals surface area contributed by atoms with Crippen LogP contribution in [0.1, 0.15) is 40.9 Å². The maximum absolute atomic E-state index is 12.5. The van der Waals surface area contributed by atoms with Crippen LogP contribution in [0, 0.1) is 20.8 Å². The normalized spacial score (nSPS) is 14.9. The van der Waals surface area contributed by atoms with Crippen molar-refractivity contribution in [1.82, 2.24) is 9.88 Å². The molecule has 2 rings (SSSR count). The highest BCUT2D eigenvalue weighted by atomic mass is 32.1. The third-order valence-corrected chi connectivity index (χ3v) is 5.10. The topological polar surface area (TPSA) is 71.3 Å². The molecular weight excluding hydrogens is 324 g/mol. The van der Waals surface area contributed by atoms with Crippen LogP contribution in [-0.4, -0.2) is 21.2 Å². The van der Waals surface area contributed by atoms with E-state index in [2.05, 4.69) is 5.32 Å². The molecule has 2 heterocycles. The van der Waals surface area contributed by atoms with Crippen molar-refractivity contribution in [3.8, 4) is 0 Å². The van der Waals surface area contributed by atoms with Gasteiger partial charge in [-0.15, -0.1) is 11.3 Å². The molecule has 0 bridgehead atoms. The Morgan fingerprint density at radius 2 is 2.04 bits per heavy atom. The Kier molecular flexibility index (Phi) is 5.30. The summed E-state index contributed by atoms with van der Waals surface area (Å²) in [5.74, 6) is -0.492. The van der Waals surface area contributed by atoms with Crippen molar-refractivity contribution in [3.05, 3.63) is 55.6 Å². The molecule has 2 aromatic rings. The molecule has 0 unspecified atom stereocenters. The van der Waals surface area contributed by atoms with E-state index in [9.17, 15) is 14.7 Å². The number of rotatable bonds is 5. The number of carbonyl (C=O) groups excluding carboxylic acids is 1. The van der Waals surface area contributed by atoms with Crippen molar-refractivity contribution >= 4 is 17.2 Å². The fraction of sp³-hybridized carbons (Fsp3) is 0.444. The van der Waals surface area contributed by atoms with Crippen LogP contribution in [0.25, 0.3) is 0 Å². The molecule has 130 valence electrons. The van der Waals surface area contributed by atoms with Gasteiger partial charge in [-0.05, 0) is 52.3 Å². The number of nitrogens with zero attached hydrogens (tertiary/aromatic N) is 1. The van der Waals surface area contributed by atoms with Crippen molar-refractivity contribution in [2.75, 3.05) is 0 Å². The zero-order valence-corrected chi connectivity index (χ0v) is 15.5. The molecule has 5 nitrogen and oxygen atoms in total. The first-order chi connectivity index (χ1) is 11.1. The second kappa shape index (κ2) is 6.91. The summed E-state index contributed by atoms with van der Waals surface area (Å²) in [5, 5.41) is 13.4. The smallest absolute Gasteiger partial charge is 0.254 e. The Hall–Kier alpha value is -1.92. The summed E-state index contributed by atoms with van der Waals surface area (Å²) in [7, 11) is 0. The lowest BCUT2D eigenvalue weighted by atomic mass is 10.0. The first-order valence-electron chi connectivity index (χ1n) is 7.88. The van der Waals surface area contributed by atoms with Crippen LogP contribution in [0.15, 0.2) is 29.1 Å². The number of carbonyl (C=O) groups is 1. The lowest BCUT2D eigenvalue weighted by molar-refractivity contribution is -0.140. The van der Waals surface area contributed by atoms with E-state index < -0.39 is 11.5 Å². The number of nitrogens with one attached hydrogen (secondary N) is 1. The minimum absolute atomic E-state index is 0.0846. The number of aryl methyl sites for hydroxylation is 3. The van der Waals surface area contributed by atoms with Crippen LogP contribution in [0.2, 0.25) is 0 Å². The number of hydrogen-bond acceptors (Lipinski definition) is 4. The van der Waals surface area contributed by atoms with Crippen LogP contribution in [0.5, 0.6) is 0 Å². The first kappa shape index (κ1) is 18.4. The summed E-state index contributed by atoms with van der Waals surface area (Å²) in [5.41, 5.74) is -0.161. The van der Waals surface area contributed by atoms with Crippen LogP contribution in [0.3, 0.4) is 0 Å². The van der Waals surface area contributed by atoms with Crippen LogP contribution in [0.4, 0.5) is 0 Å². The Morgan fingerprint density at radius 3 is 2.58 bits per heavy atom. The highest BCUT2D eigenvalue weighted by molar-refractivity contribution is 7.12. The minimum Gasteiger partial charge on any atom is -0.378 e. The van der Waals surface area contributed by atoms with Gasteiger partial charge in [-0.2, -0.15) is 0 Å². The van der Waals surface area contributed by atoms with Crippen molar-refractivity contribution in [1.29, 1.82) is 0 Å². The maximum atomic E-state index is 12.5. The molecule has 0 saturated carbocycles. The lowest BCUT2D eigenvalue weighted by Gasteiger charge is -2.26. The van der Waals surface area contributed by atoms with Gasteiger partial charge in [0.25, 0.3) is 11.5 Å². The number of thiophene rings is 1. The number of hydrogen-bond donors (Lipinski definition) is 2. The van der Waals surface area contributed by atoms with Gasteiger partial charge in [-0.1, -0.05) is 6.07 Å². The second-order valence-corrected chi connectivity index (χ2v) is 7.89. The molecule has 0 radical (unpaired) electrons. The van der Waals surface area contributed by atoms with E-state index in [-0.39, 0.29) is 18.1 Å². The quantitative estimate of drug-likeness (QED) is 0.872. The van der Waals surface area contributed by atoms with Gasteiger partial charge < -0.3 is 15.0 Å². The summed E-state index contributed by atoms with van der Waals surface area (Å²) in [6.45, 7) is 9.05. The highest BCUT2D eigenvalue weighted by Crippen LogP contribution is 2.26. The van der Waals surface area contributed by atoms with Gasteiger partial charge in [0.2, 0.25) is 0 Å². The molecule has 0 spiro atoms. The second-order valence-electron chi connectivity index (χ2n) is 6.43. The van der Waals surface area contributed by atoms with Crippen LogP contribution >= 0.6 is 11.3 Å². The maximum Gasteiger partial charge on any atom is 0.254 e. The van der Waals surface area contributed by atoms with E-state index in [0.717, 1.165) is 10.4 Å². The van der Waals surface area contributed by atoms with Crippen molar-refractivity contribution in [2.45, 2.75) is 52.8 Å². The summed E-state index contributed by atoms with van der Waals surface area (Å²) < 4.78 is 1.41. The Bertz CT molecular complexity index is 805. The van der Waals surface area contributed by atoms with E-state index >= 15 is 0 Å². The molecule has 0 aliphatic carbocycles. The molecule has 24 heavy (non-hydrogen) atoms. The first-order valence-corrected chi connectivity index (χ1v) is 8.70. The van der Waals surface area contributed by atoms with Crippen LogP contribution in [-0.2, 0) is 11.3 Å². The van der Waals surface area contributed by atoms with Gasteiger partial charge in [-0.3, -0.25) is 9.59 Å². The highest BCUT2D eigenvalue weighted by Gasteiger charge is 2.32. The Balaban J connectivity index is 2.15. The van der Waals surface area contributed by atoms with E-state index in [1.54, 1.807) is 30.4 Å². The standard InChI is InChI=1S/C18H24N2O3S/c1-11-7-6-8-16(21)20(11)10-18(5,23)17(22)19-13(3)15-9-12(2)24-14(15)4/h6-9,13,23H,10H2,1-5H3,(H,19,22)/t13-,18-/m0/s1. The SMILES string of the molecule is Cc1cc([C@H](C)NC(=O)[C@@](C)(O)Cn2c(C)cccc2=O)c(C)s1. The number of pyridine rings is 1. The molecule has 1 amide bonds. The predicted octanol–water partition coefficient (Wildman–Crippen LogP) is 2.46. The number of aliphatic hydroxyl groups is 1. The molecule has 0 saturated heterocycles. The average molecular weight is 348 g/mol. The summed E-state index contributed by atoms with van der Waals surface area (Å²) in [6.07, 6.45) is 0. The molecule has 2 aromatic heterocycles. The van der Waals surface area contributed by atoms with Crippen molar-refractivity contribution in [3.63, 3.8) is 0 Å². The Labute approximate surface area is 146 Å². The van der Waals surface area contributed by atoms with E-state index in [1.165, 1.54) is 22.4 Å². The zero-order chi connectivity index (χ0) is 18.1. The molecule has 0 aliphatic rings. The average Bonchev–Trinajstić information content (AvgIpc) is 2.82. The van der Waals surface area contributed by atoms with Crippen molar-refractivity contribution in [2.24, 2.45) is 0 Å². The number of aromatic nitrogens is 1. The van der Waals surface area contributed by atoms with Crippen molar-refractivity contribution < 1.29 is 9.90 Å². The van der Waals surface area contributed by atoms with E-state index in [0.29, 0.717) is 5.69 Å². The summed E-state index contributed by atoms with van der Waals surface area (Å²) >= 11 is 1.68. The van der Waals surface area contributed by atoms with E-state index in [4.69, 9.17) is 0 Å². The third-order valence-electron chi connectivity index (χ3n) is 4.12. The van der Waals surface area contributed by atoms with Crippen LogP contribution < -0.4 is 10.9 Å². The Morgan fingerprint density at radius 1 is 1.38 bits per heavy atom. The van der Waals surface area contributed by atoms with Gasteiger partial charge in [0, 0.05) is 21.5 Å². The molecular formula is C18H24N2O3S.